The molecule has 138 valence electrons. The summed E-state index contributed by atoms with van der Waals surface area (Å²) in [6.07, 6.45) is 0.509. The van der Waals surface area contributed by atoms with Crippen molar-refractivity contribution in [1.29, 1.82) is 0 Å². The number of amides is 2. The molecule has 6 heteroatoms. The van der Waals surface area contributed by atoms with Crippen LogP contribution in [0.2, 0.25) is 0 Å². The van der Waals surface area contributed by atoms with Crippen LogP contribution in [0, 0.1) is 5.82 Å². The predicted octanol–water partition coefficient (Wildman–Crippen LogP) is 2.76. The minimum absolute atomic E-state index is 0.100. The van der Waals surface area contributed by atoms with Gasteiger partial charge >= 0.3 is 0 Å². The third kappa shape index (κ3) is 5.88. The Balaban J connectivity index is 1.93. The molecule has 0 saturated carbocycles. The van der Waals surface area contributed by atoms with Crippen molar-refractivity contribution < 1.29 is 18.7 Å². The zero-order chi connectivity index (χ0) is 18.9. The van der Waals surface area contributed by atoms with Crippen LogP contribution in [-0.4, -0.2) is 25.5 Å². The molecular formula is C20H23FN2O3. The Hall–Kier alpha value is -2.89. The van der Waals surface area contributed by atoms with Crippen molar-refractivity contribution in [3.63, 3.8) is 0 Å². The van der Waals surface area contributed by atoms with Gasteiger partial charge in [-0.05, 0) is 35.7 Å². The van der Waals surface area contributed by atoms with Crippen molar-refractivity contribution in [2.45, 2.75) is 25.8 Å². The quantitative estimate of drug-likeness (QED) is 0.762. The molecule has 0 bridgehead atoms. The Bertz CT molecular complexity index is 747. The highest BCUT2D eigenvalue weighted by molar-refractivity contribution is 5.79. The normalized spacial score (nSPS) is 11.5. The lowest BCUT2D eigenvalue weighted by atomic mass is 10.0. The van der Waals surface area contributed by atoms with E-state index in [1.54, 1.807) is 37.4 Å². The number of rotatable bonds is 8. The smallest absolute Gasteiger partial charge is 0.222 e. The standard InChI is InChI=1S/C20H23FN2O3/c1-14(24)23-19(16-7-9-17(26-2)10-8-16)13-20(25)22-12-11-15-5-3-4-6-18(15)21/h3-10,19H,11-13H2,1-2H3,(H,22,25)(H,23,24). The van der Waals surface area contributed by atoms with Crippen LogP contribution in [0.1, 0.15) is 30.5 Å². The topological polar surface area (TPSA) is 67.4 Å². The molecule has 0 heterocycles. The van der Waals surface area contributed by atoms with E-state index in [0.29, 0.717) is 24.3 Å². The summed E-state index contributed by atoms with van der Waals surface area (Å²) in [7, 11) is 1.57. The molecule has 0 aliphatic rings. The number of hydrogen-bond acceptors (Lipinski definition) is 3. The largest absolute Gasteiger partial charge is 0.497 e. The second-order valence-electron chi connectivity index (χ2n) is 5.92. The molecule has 2 rings (SSSR count). The van der Waals surface area contributed by atoms with Gasteiger partial charge in [0.15, 0.2) is 0 Å². The van der Waals surface area contributed by atoms with Gasteiger partial charge in [0.1, 0.15) is 11.6 Å². The number of carbonyl (C=O) groups is 2. The van der Waals surface area contributed by atoms with Gasteiger partial charge < -0.3 is 15.4 Å². The number of benzene rings is 2. The molecule has 2 amide bonds. The zero-order valence-electron chi connectivity index (χ0n) is 14.9. The van der Waals surface area contributed by atoms with E-state index >= 15 is 0 Å². The van der Waals surface area contributed by atoms with Crippen molar-refractivity contribution in [2.75, 3.05) is 13.7 Å². The average Bonchev–Trinajstić information content (AvgIpc) is 2.62. The lowest BCUT2D eigenvalue weighted by Crippen LogP contribution is -2.33. The van der Waals surface area contributed by atoms with Gasteiger partial charge in [-0.2, -0.15) is 0 Å². The summed E-state index contributed by atoms with van der Waals surface area (Å²) in [6, 6.07) is 13.2. The van der Waals surface area contributed by atoms with Crippen molar-refractivity contribution in [3.8, 4) is 5.75 Å². The Morgan fingerprint density at radius 2 is 1.81 bits per heavy atom. The Labute approximate surface area is 152 Å². The number of carbonyl (C=O) groups excluding carboxylic acids is 2. The first-order chi connectivity index (χ1) is 12.5. The van der Waals surface area contributed by atoms with E-state index in [1.165, 1.54) is 13.0 Å². The predicted molar refractivity (Wildman–Crippen MR) is 97.3 cm³/mol. The fraction of sp³-hybridized carbons (Fsp3) is 0.300. The van der Waals surface area contributed by atoms with E-state index in [9.17, 15) is 14.0 Å². The highest BCUT2D eigenvalue weighted by atomic mass is 19.1. The first kappa shape index (κ1) is 19.4. The molecule has 2 N–H and O–H groups in total. The number of methoxy groups -OCH3 is 1. The van der Waals surface area contributed by atoms with Crippen molar-refractivity contribution in [1.82, 2.24) is 10.6 Å². The molecule has 0 spiro atoms. The summed E-state index contributed by atoms with van der Waals surface area (Å²) in [5.41, 5.74) is 1.37. The number of nitrogens with one attached hydrogen (secondary N) is 2. The maximum absolute atomic E-state index is 13.6. The summed E-state index contributed by atoms with van der Waals surface area (Å²) in [5.74, 6) is -0.0124. The maximum atomic E-state index is 13.6. The van der Waals surface area contributed by atoms with Crippen molar-refractivity contribution in [2.24, 2.45) is 0 Å². The molecule has 0 fully saturated rings. The molecule has 26 heavy (non-hydrogen) atoms. The van der Waals surface area contributed by atoms with E-state index in [2.05, 4.69) is 10.6 Å². The number of ether oxygens (including phenoxy) is 1. The summed E-state index contributed by atoms with van der Waals surface area (Å²) in [6.45, 7) is 1.74. The van der Waals surface area contributed by atoms with Crippen LogP contribution < -0.4 is 15.4 Å². The average molecular weight is 358 g/mol. The van der Waals surface area contributed by atoms with Gasteiger partial charge in [0.25, 0.3) is 0 Å². The molecule has 2 aromatic carbocycles. The molecule has 2 aromatic rings. The molecule has 5 nitrogen and oxygen atoms in total. The highest BCUT2D eigenvalue weighted by Crippen LogP contribution is 2.20. The van der Waals surface area contributed by atoms with Crippen LogP contribution in [0.3, 0.4) is 0 Å². The fourth-order valence-electron chi connectivity index (χ4n) is 2.63. The third-order valence-corrected chi connectivity index (χ3v) is 3.96. The van der Waals surface area contributed by atoms with E-state index in [-0.39, 0.29) is 24.1 Å². The SMILES string of the molecule is COc1ccc(C(CC(=O)NCCc2ccccc2F)NC(C)=O)cc1. The summed E-state index contributed by atoms with van der Waals surface area (Å²) in [5, 5.41) is 5.55. The van der Waals surface area contributed by atoms with E-state index in [0.717, 1.165) is 5.56 Å². The fourth-order valence-corrected chi connectivity index (χ4v) is 2.63. The number of halogens is 1. The van der Waals surface area contributed by atoms with Gasteiger partial charge in [0, 0.05) is 13.5 Å². The molecular weight excluding hydrogens is 335 g/mol. The first-order valence-electron chi connectivity index (χ1n) is 8.40. The highest BCUT2D eigenvalue weighted by Gasteiger charge is 2.17. The van der Waals surface area contributed by atoms with Crippen LogP contribution in [0.4, 0.5) is 4.39 Å². The van der Waals surface area contributed by atoms with Crippen LogP contribution in [0.5, 0.6) is 5.75 Å². The summed E-state index contributed by atoms with van der Waals surface area (Å²) >= 11 is 0. The zero-order valence-corrected chi connectivity index (χ0v) is 14.9. The van der Waals surface area contributed by atoms with E-state index < -0.39 is 6.04 Å². The Morgan fingerprint density at radius 1 is 1.12 bits per heavy atom. The summed E-state index contributed by atoms with van der Waals surface area (Å²) < 4.78 is 18.7. The van der Waals surface area contributed by atoms with Gasteiger partial charge in [-0.15, -0.1) is 0 Å². The second-order valence-corrected chi connectivity index (χ2v) is 5.92. The minimum Gasteiger partial charge on any atom is -0.497 e. The lowest BCUT2D eigenvalue weighted by Gasteiger charge is -2.18. The van der Waals surface area contributed by atoms with Crippen molar-refractivity contribution in [3.05, 3.63) is 65.5 Å². The van der Waals surface area contributed by atoms with Gasteiger partial charge in [0.2, 0.25) is 11.8 Å². The van der Waals surface area contributed by atoms with E-state index in [1.807, 2.05) is 12.1 Å². The van der Waals surface area contributed by atoms with Crippen LogP contribution in [0.15, 0.2) is 48.5 Å². The lowest BCUT2D eigenvalue weighted by molar-refractivity contribution is -0.122. The van der Waals surface area contributed by atoms with Crippen molar-refractivity contribution >= 4 is 11.8 Å². The minimum atomic E-state index is -0.438. The van der Waals surface area contributed by atoms with Gasteiger partial charge in [-0.3, -0.25) is 9.59 Å². The van der Waals surface area contributed by atoms with E-state index in [4.69, 9.17) is 4.74 Å². The molecule has 0 aliphatic carbocycles. The van der Waals surface area contributed by atoms with Crippen LogP contribution >= 0.6 is 0 Å². The Kier molecular flexibility index (Phi) is 7.14. The Morgan fingerprint density at radius 3 is 2.42 bits per heavy atom. The molecule has 0 aromatic heterocycles. The van der Waals surface area contributed by atoms with Gasteiger partial charge in [0.05, 0.1) is 19.6 Å². The van der Waals surface area contributed by atoms with Gasteiger partial charge in [-0.1, -0.05) is 30.3 Å². The molecule has 1 atom stereocenters. The maximum Gasteiger partial charge on any atom is 0.222 e. The van der Waals surface area contributed by atoms with Gasteiger partial charge in [-0.25, -0.2) is 4.39 Å². The molecule has 1 unspecified atom stereocenters. The third-order valence-electron chi connectivity index (χ3n) is 3.96. The monoisotopic (exact) mass is 358 g/mol. The molecule has 0 saturated heterocycles. The molecule has 0 radical (unpaired) electrons. The summed E-state index contributed by atoms with van der Waals surface area (Å²) in [4.78, 5) is 23.7. The molecule has 0 aliphatic heterocycles. The number of hydrogen-bond donors (Lipinski definition) is 2. The van der Waals surface area contributed by atoms with Crippen LogP contribution in [0.25, 0.3) is 0 Å². The first-order valence-corrected chi connectivity index (χ1v) is 8.40. The van der Waals surface area contributed by atoms with Crippen LogP contribution in [-0.2, 0) is 16.0 Å². The second kappa shape index (κ2) is 9.56.